The van der Waals surface area contributed by atoms with Gasteiger partial charge >= 0.3 is 0 Å². The number of anilines is 1. The van der Waals surface area contributed by atoms with Gasteiger partial charge in [-0.25, -0.2) is 0 Å². The average Bonchev–Trinajstić information content (AvgIpc) is 2.81. The van der Waals surface area contributed by atoms with Crippen molar-refractivity contribution in [2.75, 3.05) is 11.9 Å². The fraction of sp³-hybridized carbons (Fsp3) is 0.294. The van der Waals surface area contributed by atoms with Crippen LogP contribution in [0.1, 0.15) is 17.8 Å². The lowest BCUT2D eigenvalue weighted by Crippen LogP contribution is -2.09. The topological polar surface area (TPSA) is 42.7 Å². The van der Waals surface area contributed by atoms with Gasteiger partial charge in [0.25, 0.3) is 0 Å². The number of hydrogen-bond acceptors (Lipinski definition) is 3. The third kappa shape index (κ3) is 3.22. The second kappa shape index (κ2) is 6.36. The van der Waals surface area contributed by atoms with Crippen molar-refractivity contribution in [1.82, 2.24) is 14.8 Å². The highest BCUT2D eigenvalue weighted by Crippen LogP contribution is 2.24. The van der Waals surface area contributed by atoms with E-state index in [-0.39, 0.29) is 0 Å². The second-order valence-corrected chi connectivity index (χ2v) is 5.89. The van der Waals surface area contributed by atoms with E-state index in [9.17, 15) is 0 Å². The smallest absolute Gasteiger partial charge is 0.0737 e. The molecule has 0 saturated carbocycles. The minimum atomic E-state index is 0.710. The standard InChI is InChI=1S/C17H19ClN4/c1-12-10-13(2)22(21-12)9-3-7-19-16-6-8-20-17-11-14(18)4-5-15(16)17/h4-6,8,10-11H,3,7,9H2,1-2H3,(H,19,20). The van der Waals surface area contributed by atoms with Crippen molar-refractivity contribution in [1.29, 1.82) is 0 Å². The van der Waals surface area contributed by atoms with E-state index in [4.69, 9.17) is 11.6 Å². The average molecular weight is 315 g/mol. The van der Waals surface area contributed by atoms with E-state index in [1.165, 1.54) is 5.69 Å². The number of aromatic nitrogens is 3. The molecule has 0 atom stereocenters. The lowest BCUT2D eigenvalue weighted by atomic mass is 10.2. The maximum atomic E-state index is 6.01. The molecule has 2 heterocycles. The van der Waals surface area contributed by atoms with Gasteiger partial charge in [0.15, 0.2) is 0 Å². The number of hydrogen-bond donors (Lipinski definition) is 1. The first-order valence-electron chi connectivity index (χ1n) is 7.43. The summed E-state index contributed by atoms with van der Waals surface area (Å²) in [4.78, 5) is 4.35. The van der Waals surface area contributed by atoms with Crippen LogP contribution in [0.15, 0.2) is 36.5 Å². The molecule has 5 heteroatoms. The number of fused-ring (bicyclic) bond motifs is 1. The van der Waals surface area contributed by atoms with Crippen molar-refractivity contribution in [2.24, 2.45) is 0 Å². The largest absolute Gasteiger partial charge is 0.384 e. The van der Waals surface area contributed by atoms with Crippen LogP contribution in [0, 0.1) is 13.8 Å². The molecule has 114 valence electrons. The summed E-state index contributed by atoms with van der Waals surface area (Å²) in [5.74, 6) is 0. The fourth-order valence-corrected chi connectivity index (χ4v) is 2.79. The molecule has 0 aliphatic heterocycles. The zero-order valence-electron chi connectivity index (χ0n) is 12.8. The van der Waals surface area contributed by atoms with Crippen LogP contribution in [0.3, 0.4) is 0 Å². The highest BCUT2D eigenvalue weighted by molar-refractivity contribution is 6.31. The quantitative estimate of drug-likeness (QED) is 0.718. The van der Waals surface area contributed by atoms with Crippen LogP contribution < -0.4 is 5.32 Å². The molecule has 0 spiro atoms. The lowest BCUT2D eigenvalue weighted by molar-refractivity contribution is 0.574. The Morgan fingerprint density at radius 1 is 1.18 bits per heavy atom. The number of rotatable bonds is 5. The number of aryl methyl sites for hydroxylation is 3. The lowest BCUT2D eigenvalue weighted by Gasteiger charge is -2.10. The number of nitrogens with one attached hydrogen (secondary N) is 1. The van der Waals surface area contributed by atoms with Gasteiger partial charge in [-0.3, -0.25) is 9.67 Å². The van der Waals surface area contributed by atoms with E-state index in [0.717, 1.165) is 41.8 Å². The van der Waals surface area contributed by atoms with Gasteiger partial charge in [-0.15, -0.1) is 0 Å². The Bertz CT molecular complexity index is 794. The Morgan fingerprint density at radius 2 is 2.05 bits per heavy atom. The zero-order valence-corrected chi connectivity index (χ0v) is 13.6. The molecule has 0 saturated heterocycles. The van der Waals surface area contributed by atoms with Gasteiger partial charge in [-0.2, -0.15) is 5.10 Å². The molecule has 0 fully saturated rings. The van der Waals surface area contributed by atoms with Crippen LogP contribution in [0.2, 0.25) is 5.02 Å². The molecule has 3 rings (SSSR count). The normalized spacial score (nSPS) is 11.0. The monoisotopic (exact) mass is 314 g/mol. The Morgan fingerprint density at radius 3 is 2.82 bits per heavy atom. The third-order valence-electron chi connectivity index (χ3n) is 3.67. The van der Waals surface area contributed by atoms with Crippen LogP contribution in [0.5, 0.6) is 0 Å². The van der Waals surface area contributed by atoms with Crippen LogP contribution in [0.25, 0.3) is 10.9 Å². The van der Waals surface area contributed by atoms with E-state index < -0.39 is 0 Å². The van der Waals surface area contributed by atoms with Crippen molar-refractivity contribution in [3.63, 3.8) is 0 Å². The van der Waals surface area contributed by atoms with Crippen LogP contribution in [0.4, 0.5) is 5.69 Å². The highest BCUT2D eigenvalue weighted by Gasteiger charge is 2.03. The van der Waals surface area contributed by atoms with E-state index in [2.05, 4.69) is 33.1 Å². The molecule has 4 nitrogen and oxygen atoms in total. The summed E-state index contributed by atoms with van der Waals surface area (Å²) in [5, 5.41) is 9.76. The summed E-state index contributed by atoms with van der Waals surface area (Å²) in [6.45, 7) is 5.92. The number of nitrogens with zero attached hydrogens (tertiary/aromatic N) is 3. The summed E-state index contributed by atoms with van der Waals surface area (Å²) in [5.41, 5.74) is 4.29. The molecule has 3 aromatic rings. The first kappa shape index (κ1) is 14.9. The summed E-state index contributed by atoms with van der Waals surface area (Å²) >= 11 is 6.01. The molecule has 0 unspecified atom stereocenters. The van der Waals surface area contributed by atoms with Gasteiger partial charge in [0.1, 0.15) is 0 Å². The Labute approximate surface area is 135 Å². The summed E-state index contributed by atoms with van der Waals surface area (Å²) in [6.07, 6.45) is 2.82. The third-order valence-corrected chi connectivity index (χ3v) is 3.91. The van der Waals surface area contributed by atoms with Gasteiger partial charge in [0, 0.05) is 41.1 Å². The van der Waals surface area contributed by atoms with Crippen LogP contribution in [-0.2, 0) is 6.54 Å². The highest BCUT2D eigenvalue weighted by atomic mass is 35.5. The summed E-state index contributed by atoms with van der Waals surface area (Å²) < 4.78 is 2.06. The van der Waals surface area contributed by atoms with Gasteiger partial charge in [-0.05, 0) is 50.6 Å². The molecule has 22 heavy (non-hydrogen) atoms. The first-order valence-corrected chi connectivity index (χ1v) is 7.80. The molecule has 0 radical (unpaired) electrons. The molecular formula is C17H19ClN4. The molecule has 1 aromatic carbocycles. The van der Waals surface area contributed by atoms with Crippen LogP contribution >= 0.6 is 11.6 Å². The van der Waals surface area contributed by atoms with Gasteiger partial charge in [-0.1, -0.05) is 11.6 Å². The molecule has 1 N–H and O–H groups in total. The Hall–Kier alpha value is -2.07. The molecule has 2 aromatic heterocycles. The predicted octanol–water partition coefficient (Wildman–Crippen LogP) is 4.20. The van der Waals surface area contributed by atoms with Crippen molar-refractivity contribution < 1.29 is 0 Å². The van der Waals surface area contributed by atoms with E-state index >= 15 is 0 Å². The predicted molar refractivity (Wildman–Crippen MR) is 91.6 cm³/mol. The Balaban J connectivity index is 1.63. The van der Waals surface area contributed by atoms with Crippen molar-refractivity contribution in [3.8, 4) is 0 Å². The number of halogens is 1. The minimum Gasteiger partial charge on any atom is -0.384 e. The summed E-state index contributed by atoms with van der Waals surface area (Å²) in [7, 11) is 0. The maximum Gasteiger partial charge on any atom is 0.0737 e. The van der Waals surface area contributed by atoms with Gasteiger partial charge in [0.2, 0.25) is 0 Å². The SMILES string of the molecule is Cc1cc(C)n(CCCNc2ccnc3cc(Cl)ccc23)n1. The van der Waals surface area contributed by atoms with E-state index in [1.54, 1.807) is 0 Å². The molecule has 0 bridgehead atoms. The zero-order chi connectivity index (χ0) is 15.5. The molecule has 0 amide bonds. The van der Waals surface area contributed by atoms with Gasteiger partial charge in [0.05, 0.1) is 11.2 Å². The van der Waals surface area contributed by atoms with E-state index in [0.29, 0.717) is 5.02 Å². The maximum absolute atomic E-state index is 6.01. The minimum absolute atomic E-state index is 0.710. The number of benzene rings is 1. The molecular weight excluding hydrogens is 296 g/mol. The van der Waals surface area contributed by atoms with Crippen molar-refractivity contribution in [2.45, 2.75) is 26.8 Å². The fourth-order valence-electron chi connectivity index (χ4n) is 2.63. The number of pyridine rings is 1. The molecule has 0 aliphatic rings. The Kier molecular flexibility index (Phi) is 4.29. The summed E-state index contributed by atoms with van der Waals surface area (Å²) in [6, 6.07) is 9.89. The van der Waals surface area contributed by atoms with Crippen molar-refractivity contribution >= 4 is 28.2 Å². The van der Waals surface area contributed by atoms with Gasteiger partial charge < -0.3 is 5.32 Å². The molecule has 0 aliphatic carbocycles. The second-order valence-electron chi connectivity index (χ2n) is 5.45. The first-order chi connectivity index (χ1) is 10.6. The van der Waals surface area contributed by atoms with E-state index in [1.807, 2.05) is 37.4 Å². The van der Waals surface area contributed by atoms with Crippen molar-refractivity contribution in [3.05, 3.63) is 52.9 Å². The van der Waals surface area contributed by atoms with Crippen LogP contribution in [-0.4, -0.2) is 21.3 Å².